The summed E-state index contributed by atoms with van der Waals surface area (Å²) in [6.07, 6.45) is 1.69. The minimum Gasteiger partial charge on any atom is -0.292 e. The van der Waals surface area contributed by atoms with Crippen molar-refractivity contribution < 1.29 is 13.6 Å². The van der Waals surface area contributed by atoms with Crippen LogP contribution in [0.5, 0.6) is 0 Å². The summed E-state index contributed by atoms with van der Waals surface area (Å²) in [7, 11) is 1.79. The van der Waals surface area contributed by atoms with Crippen molar-refractivity contribution in [2.24, 2.45) is 0 Å². The van der Waals surface area contributed by atoms with Crippen LogP contribution in [0.4, 0.5) is 8.78 Å². The Labute approximate surface area is 122 Å². The standard InChI is InChI=1S/C16H16F2N2O/c1-11(20(2)10-13-5-3-4-8-19-13)16(21)12-6-7-14(17)15(18)9-12/h3-9,11H,10H2,1-2H3. The fraction of sp³-hybridized carbons (Fsp3) is 0.250. The third kappa shape index (κ3) is 3.70. The highest BCUT2D eigenvalue weighted by Crippen LogP contribution is 2.13. The first-order valence-corrected chi connectivity index (χ1v) is 6.58. The Kier molecular flexibility index (Phi) is 4.75. The molecule has 0 aliphatic rings. The number of hydrogen-bond donors (Lipinski definition) is 0. The molecule has 1 atom stereocenters. The van der Waals surface area contributed by atoms with Crippen LogP contribution in [0.1, 0.15) is 23.0 Å². The van der Waals surface area contributed by atoms with Crippen LogP contribution in [0.2, 0.25) is 0 Å². The summed E-state index contributed by atoms with van der Waals surface area (Å²) in [6, 6.07) is 8.29. The van der Waals surface area contributed by atoms with Gasteiger partial charge in [0.05, 0.1) is 11.7 Å². The highest BCUT2D eigenvalue weighted by atomic mass is 19.2. The van der Waals surface area contributed by atoms with Crippen molar-refractivity contribution in [3.63, 3.8) is 0 Å². The second-order valence-electron chi connectivity index (χ2n) is 4.91. The van der Waals surface area contributed by atoms with Gasteiger partial charge in [-0.3, -0.25) is 14.7 Å². The molecule has 0 aliphatic heterocycles. The molecule has 0 saturated carbocycles. The van der Waals surface area contributed by atoms with Crippen LogP contribution >= 0.6 is 0 Å². The van der Waals surface area contributed by atoms with Gasteiger partial charge in [0.25, 0.3) is 0 Å². The molecule has 0 N–H and O–H groups in total. The molecule has 3 nitrogen and oxygen atoms in total. The fourth-order valence-corrected chi connectivity index (χ4v) is 1.97. The minimum absolute atomic E-state index is 0.161. The number of likely N-dealkylation sites (N-methyl/N-ethyl adjacent to an activating group) is 1. The van der Waals surface area contributed by atoms with Gasteiger partial charge in [-0.05, 0) is 44.3 Å². The molecule has 0 spiro atoms. The molecular weight excluding hydrogens is 274 g/mol. The van der Waals surface area contributed by atoms with Gasteiger partial charge in [0, 0.05) is 18.3 Å². The van der Waals surface area contributed by atoms with E-state index in [9.17, 15) is 13.6 Å². The van der Waals surface area contributed by atoms with Crippen LogP contribution in [0.15, 0.2) is 42.6 Å². The summed E-state index contributed by atoms with van der Waals surface area (Å²) in [5.41, 5.74) is 0.999. The quantitative estimate of drug-likeness (QED) is 0.793. The summed E-state index contributed by atoms with van der Waals surface area (Å²) in [5.74, 6) is -2.23. The number of hydrogen-bond acceptors (Lipinski definition) is 3. The van der Waals surface area contributed by atoms with Crippen molar-refractivity contribution in [2.75, 3.05) is 7.05 Å². The molecule has 1 heterocycles. The van der Waals surface area contributed by atoms with Crippen molar-refractivity contribution in [1.82, 2.24) is 9.88 Å². The van der Waals surface area contributed by atoms with Crippen LogP contribution in [0, 0.1) is 11.6 Å². The number of pyridine rings is 1. The average Bonchev–Trinajstić information content (AvgIpc) is 2.49. The summed E-state index contributed by atoms with van der Waals surface area (Å²) in [4.78, 5) is 18.3. The molecule has 1 unspecified atom stereocenters. The van der Waals surface area contributed by atoms with Crippen LogP contribution in [0.25, 0.3) is 0 Å². The van der Waals surface area contributed by atoms with Crippen molar-refractivity contribution in [2.45, 2.75) is 19.5 Å². The van der Waals surface area contributed by atoms with Gasteiger partial charge in [0.1, 0.15) is 0 Å². The fourth-order valence-electron chi connectivity index (χ4n) is 1.97. The maximum atomic E-state index is 13.2. The number of carbonyl (C=O) groups excluding carboxylic acids is 1. The second-order valence-corrected chi connectivity index (χ2v) is 4.91. The Hall–Kier alpha value is -2.14. The first kappa shape index (κ1) is 15.3. The van der Waals surface area contributed by atoms with E-state index in [-0.39, 0.29) is 11.3 Å². The molecule has 2 rings (SSSR count). The topological polar surface area (TPSA) is 33.2 Å². The van der Waals surface area contributed by atoms with Crippen LogP contribution in [-0.4, -0.2) is 28.8 Å². The summed E-state index contributed by atoms with van der Waals surface area (Å²) in [5, 5.41) is 0. The molecule has 0 radical (unpaired) electrons. The number of Topliss-reactive ketones (excluding diaryl/α,β-unsaturated/α-hetero) is 1. The van der Waals surface area contributed by atoms with Crippen molar-refractivity contribution in [1.29, 1.82) is 0 Å². The molecule has 1 aromatic carbocycles. The van der Waals surface area contributed by atoms with Gasteiger partial charge < -0.3 is 0 Å². The molecule has 21 heavy (non-hydrogen) atoms. The molecule has 2 aromatic rings. The lowest BCUT2D eigenvalue weighted by Gasteiger charge is -2.23. The highest BCUT2D eigenvalue weighted by Gasteiger charge is 2.21. The predicted molar refractivity (Wildman–Crippen MR) is 75.9 cm³/mol. The smallest absolute Gasteiger partial charge is 0.179 e. The Morgan fingerprint density at radius 3 is 2.62 bits per heavy atom. The number of ketones is 1. The van der Waals surface area contributed by atoms with E-state index in [0.29, 0.717) is 6.54 Å². The average molecular weight is 290 g/mol. The van der Waals surface area contributed by atoms with Crippen LogP contribution in [0.3, 0.4) is 0 Å². The monoisotopic (exact) mass is 290 g/mol. The third-order valence-corrected chi connectivity index (χ3v) is 3.38. The van der Waals surface area contributed by atoms with Crippen molar-refractivity contribution in [3.8, 4) is 0 Å². The maximum Gasteiger partial charge on any atom is 0.179 e. The van der Waals surface area contributed by atoms with Gasteiger partial charge in [0.2, 0.25) is 0 Å². The van der Waals surface area contributed by atoms with E-state index < -0.39 is 17.7 Å². The van der Waals surface area contributed by atoms with E-state index in [2.05, 4.69) is 4.98 Å². The highest BCUT2D eigenvalue weighted by molar-refractivity contribution is 5.99. The van der Waals surface area contributed by atoms with Gasteiger partial charge in [-0.1, -0.05) is 6.07 Å². The molecule has 0 aliphatic carbocycles. The normalized spacial score (nSPS) is 12.4. The Morgan fingerprint density at radius 2 is 2.00 bits per heavy atom. The third-order valence-electron chi connectivity index (χ3n) is 3.38. The van der Waals surface area contributed by atoms with Crippen LogP contribution < -0.4 is 0 Å². The van der Waals surface area contributed by atoms with E-state index in [1.807, 2.05) is 23.1 Å². The number of halogens is 2. The lowest BCUT2D eigenvalue weighted by Crippen LogP contribution is -2.35. The second kappa shape index (κ2) is 6.54. The summed E-state index contributed by atoms with van der Waals surface area (Å²) in [6.45, 7) is 2.23. The number of carbonyl (C=O) groups is 1. The van der Waals surface area contributed by atoms with Crippen LogP contribution in [-0.2, 0) is 6.54 Å². The SMILES string of the molecule is CC(C(=O)c1ccc(F)c(F)c1)N(C)Cc1ccccn1. The number of nitrogens with zero attached hydrogens (tertiary/aromatic N) is 2. The maximum absolute atomic E-state index is 13.2. The van der Waals surface area contributed by atoms with Gasteiger partial charge in [0.15, 0.2) is 17.4 Å². The lowest BCUT2D eigenvalue weighted by molar-refractivity contribution is 0.0860. The molecule has 5 heteroatoms. The largest absolute Gasteiger partial charge is 0.292 e. The zero-order valence-electron chi connectivity index (χ0n) is 11.9. The van der Waals surface area contributed by atoms with Crippen molar-refractivity contribution in [3.05, 3.63) is 65.5 Å². The lowest BCUT2D eigenvalue weighted by atomic mass is 10.0. The van der Waals surface area contributed by atoms with Gasteiger partial charge in [-0.15, -0.1) is 0 Å². The molecule has 0 saturated heterocycles. The summed E-state index contributed by atoms with van der Waals surface area (Å²) < 4.78 is 26.1. The van der Waals surface area contributed by atoms with E-state index in [0.717, 1.165) is 17.8 Å². The number of aromatic nitrogens is 1. The Balaban J connectivity index is 2.09. The molecule has 0 bridgehead atoms. The molecule has 0 amide bonds. The predicted octanol–water partition coefficient (Wildman–Crippen LogP) is 3.06. The van der Waals surface area contributed by atoms with E-state index in [4.69, 9.17) is 0 Å². The minimum atomic E-state index is -1.01. The van der Waals surface area contributed by atoms with Crippen molar-refractivity contribution >= 4 is 5.78 Å². The zero-order valence-corrected chi connectivity index (χ0v) is 11.9. The first-order chi connectivity index (χ1) is 9.99. The summed E-state index contributed by atoms with van der Waals surface area (Å²) >= 11 is 0. The number of rotatable bonds is 5. The Bertz CT molecular complexity index is 631. The van der Waals surface area contributed by atoms with Gasteiger partial charge >= 0.3 is 0 Å². The van der Waals surface area contributed by atoms with Gasteiger partial charge in [-0.2, -0.15) is 0 Å². The van der Waals surface area contributed by atoms with E-state index in [1.165, 1.54) is 6.07 Å². The molecular formula is C16H16F2N2O. The first-order valence-electron chi connectivity index (χ1n) is 6.58. The Morgan fingerprint density at radius 1 is 1.24 bits per heavy atom. The van der Waals surface area contributed by atoms with E-state index in [1.54, 1.807) is 20.2 Å². The number of benzene rings is 1. The van der Waals surface area contributed by atoms with Gasteiger partial charge in [-0.25, -0.2) is 8.78 Å². The molecule has 0 fully saturated rings. The van der Waals surface area contributed by atoms with E-state index >= 15 is 0 Å². The molecule has 1 aromatic heterocycles. The zero-order chi connectivity index (χ0) is 15.4. The molecule has 110 valence electrons.